The monoisotopic (exact) mass is 271 g/mol. The van der Waals surface area contributed by atoms with Gasteiger partial charge in [-0.15, -0.1) is 0 Å². The number of benzene rings is 1. The number of hydrogen-bond acceptors (Lipinski definition) is 3. The molecule has 4 heteroatoms. The largest absolute Gasteiger partial charge is 0.378 e. The van der Waals surface area contributed by atoms with E-state index in [1.54, 1.807) is 7.11 Å². The highest BCUT2D eigenvalue weighted by Crippen LogP contribution is 2.19. The van der Waals surface area contributed by atoms with Crippen molar-refractivity contribution in [1.29, 1.82) is 0 Å². The minimum Gasteiger partial charge on any atom is -0.378 e. The minimum atomic E-state index is 0.571. The van der Waals surface area contributed by atoms with Crippen molar-refractivity contribution in [2.45, 2.75) is 26.1 Å². The maximum absolute atomic E-state index is 5.10. The fourth-order valence-corrected chi connectivity index (χ4v) is 2.75. The number of hydrogen-bond donors (Lipinski definition) is 0. The molecular weight excluding hydrogens is 250 g/mol. The maximum atomic E-state index is 5.10. The Balaban J connectivity index is 1.75. The van der Waals surface area contributed by atoms with E-state index in [2.05, 4.69) is 35.2 Å². The highest BCUT2D eigenvalue weighted by molar-refractivity contribution is 5.33. The second-order valence-electron chi connectivity index (χ2n) is 5.53. The Morgan fingerprint density at radius 2 is 2.15 bits per heavy atom. The summed E-state index contributed by atoms with van der Waals surface area (Å²) in [5.74, 6) is 0. The second-order valence-corrected chi connectivity index (χ2v) is 5.53. The van der Waals surface area contributed by atoms with E-state index in [1.165, 1.54) is 16.7 Å². The van der Waals surface area contributed by atoms with Crippen LogP contribution in [0.4, 0.5) is 0 Å². The van der Waals surface area contributed by atoms with Gasteiger partial charge in [-0.25, -0.2) is 0 Å². The molecular formula is C16H21N3O. The Kier molecular flexibility index (Phi) is 3.85. The predicted octanol–water partition coefficient (Wildman–Crippen LogP) is 2.07. The number of nitrogens with zero attached hydrogens (tertiary/aromatic N) is 3. The van der Waals surface area contributed by atoms with E-state index < -0.39 is 0 Å². The van der Waals surface area contributed by atoms with Crippen molar-refractivity contribution in [3.8, 4) is 0 Å². The molecule has 0 bridgehead atoms. The van der Waals surface area contributed by atoms with Gasteiger partial charge in [0.2, 0.25) is 0 Å². The van der Waals surface area contributed by atoms with Gasteiger partial charge in [0.25, 0.3) is 0 Å². The Morgan fingerprint density at radius 1 is 1.25 bits per heavy atom. The zero-order valence-electron chi connectivity index (χ0n) is 12.2. The maximum Gasteiger partial charge on any atom is 0.0902 e. The highest BCUT2D eigenvalue weighted by Gasteiger charge is 2.13. The molecule has 3 rings (SSSR count). The molecule has 0 N–H and O–H groups in total. The molecule has 0 atom stereocenters. The SMILES string of the molecule is COCc1ccn(Cc2ccc3c(c2)CN(C)CC3)n1. The molecule has 0 radical (unpaired) electrons. The standard InChI is InChI=1S/C16H21N3O/c1-18-7-5-14-4-3-13(9-15(14)11-18)10-19-8-6-16(17-19)12-20-2/h3-4,6,8-9H,5,7,10-12H2,1-2H3. The number of likely N-dealkylation sites (N-methyl/N-ethyl adjacent to an activating group) is 1. The number of rotatable bonds is 4. The molecule has 0 saturated carbocycles. The van der Waals surface area contributed by atoms with Crippen LogP contribution in [-0.2, 0) is 30.9 Å². The quantitative estimate of drug-likeness (QED) is 0.853. The Hall–Kier alpha value is -1.65. The molecule has 0 amide bonds. The summed E-state index contributed by atoms with van der Waals surface area (Å²) in [4.78, 5) is 2.37. The van der Waals surface area contributed by atoms with Crippen LogP contribution in [0.15, 0.2) is 30.5 Å². The van der Waals surface area contributed by atoms with E-state index in [4.69, 9.17) is 4.74 Å². The van der Waals surface area contributed by atoms with Crippen molar-refractivity contribution in [1.82, 2.24) is 14.7 Å². The van der Waals surface area contributed by atoms with E-state index in [0.717, 1.165) is 31.7 Å². The molecule has 0 fully saturated rings. The Bertz CT molecular complexity index is 591. The summed E-state index contributed by atoms with van der Waals surface area (Å²) < 4.78 is 7.07. The van der Waals surface area contributed by atoms with E-state index in [9.17, 15) is 0 Å². The van der Waals surface area contributed by atoms with Gasteiger partial charge >= 0.3 is 0 Å². The van der Waals surface area contributed by atoms with Crippen LogP contribution in [0.25, 0.3) is 0 Å². The van der Waals surface area contributed by atoms with Gasteiger partial charge in [-0.1, -0.05) is 18.2 Å². The third-order valence-electron chi connectivity index (χ3n) is 3.81. The lowest BCUT2D eigenvalue weighted by Gasteiger charge is -2.25. The molecule has 0 spiro atoms. The first-order chi connectivity index (χ1) is 9.74. The molecule has 20 heavy (non-hydrogen) atoms. The van der Waals surface area contributed by atoms with E-state index in [-0.39, 0.29) is 0 Å². The average molecular weight is 271 g/mol. The van der Waals surface area contributed by atoms with Gasteiger partial charge in [0, 0.05) is 26.4 Å². The highest BCUT2D eigenvalue weighted by atomic mass is 16.5. The van der Waals surface area contributed by atoms with E-state index >= 15 is 0 Å². The van der Waals surface area contributed by atoms with Crippen LogP contribution in [0.2, 0.25) is 0 Å². The first-order valence-electron chi connectivity index (χ1n) is 7.05. The van der Waals surface area contributed by atoms with Crippen molar-refractivity contribution in [3.05, 3.63) is 52.8 Å². The normalized spacial score (nSPS) is 15.3. The van der Waals surface area contributed by atoms with Crippen molar-refractivity contribution in [3.63, 3.8) is 0 Å². The van der Waals surface area contributed by atoms with E-state index in [1.807, 2.05) is 16.9 Å². The van der Waals surface area contributed by atoms with Crippen molar-refractivity contribution < 1.29 is 4.74 Å². The first-order valence-corrected chi connectivity index (χ1v) is 7.05. The van der Waals surface area contributed by atoms with Crippen LogP contribution in [-0.4, -0.2) is 35.4 Å². The van der Waals surface area contributed by atoms with Gasteiger partial charge in [0.15, 0.2) is 0 Å². The van der Waals surface area contributed by atoms with Crippen LogP contribution >= 0.6 is 0 Å². The van der Waals surface area contributed by atoms with Gasteiger partial charge < -0.3 is 9.64 Å². The van der Waals surface area contributed by atoms with Crippen molar-refractivity contribution in [2.75, 3.05) is 20.7 Å². The van der Waals surface area contributed by atoms with Crippen LogP contribution < -0.4 is 0 Å². The summed E-state index contributed by atoms with van der Waals surface area (Å²) in [5, 5.41) is 4.50. The Labute approximate surface area is 120 Å². The fraction of sp³-hybridized carbons (Fsp3) is 0.438. The lowest BCUT2D eigenvalue weighted by atomic mass is 9.98. The first kappa shape index (κ1) is 13.3. The number of methoxy groups -OCH3 is 1. The second kappa shape index (κ2) is 5.77. The molecule has 1 aromatic heterocycles. The van der Waals surface area contributed by atoms with Crippen LogP contribution in [0, 0.1) is 0 Å². The summed E-state index contributed by atoms with van der Waals surface area (Å²) in [5.41, 5.74) is 5.24. The van der Waals surface area contributed by atoms with E-state index in [0.29, 0.717) is 6.61 Å². The van der Waals surface area contributed by atoms with Gasteiger partial charge in [0.1, 0.15) is 0 Å². The lowest BCUT2D eigenvalue weighted by Crippen LogP contribution is -2.26. The number of ether oxygens (including phenoxy) is 1. The Morgan fingerprint density at radius 3 is 3.00 bits per heavy atom. The molecule has 0 saturated heterocycles. The van der Waals surface area contributed by atoms with Crippen molar-refractivity contribution in [2.24, 2.45) is 0 Å². The summed E-state index contributed by atoms with van der Waals surface area (Å²) in [7, 11) is 3.87. The van der Waals surface area contributed by atoms with Crippen LogP contribution in [0.5, 0.6) is 0 Å². The summed E-state index contributed by atoms with van der Waals surface area (Å²) >= 11 is 0. The molecule has 1 aliphatic rings. The predicted molar refractivity (Wildman–Crippen MR) is 78.5 cm³/mol. The van der Waals surface area contributed by atoms with Gasteiger partial charge in [-0.05, 0) is 36.2 Å². The molecule has 4 nitrogen and oxygen atoms in total. The summed E-state index contributed by atoms with van der Waals surface area (Å²) in [6.45, 7) is 3.60. The average Bonchev–Trinajstić information content (AvgIpc) is 2.86. The molecule has 1 aliphatic heterocycles. The summed E-state index contributed by atoms with van der Waals surface area (Å²) in [6, 6.07) is 8.83. The van der Waals surface area contributed by atoms with Gasteiger partial charge in [-0.2, -0.15) is 5.10 Å². The third kappa shape index (κ3) is 2.92. The van der Waals surface area contributed by atoms with Crippen LogP contribution in [0.3, 0.4) is 0 Å². The number of fused-ring (bicyclic) bond motifs is 1. The third-order valence-corrected chi connectivity index (χ3v) is 3.81. The molecule has 2 aromatic rings. The molecule has 106 valence electrons. The molecule has 0 aliphatic carbocycles. The number of aromatic nitrogens is 2. The zero-order valence-corrected chi connectivity index (χ0v) is 12.2. The minimum absolute atomic E-state index is 0.571. The van der Waals surface area contributed by atoms with Gasteiger partial charge in [0.05, 0.1) is 18.8 Å². The molecule has 2 heterocycles. The van der Waals surface area contributed by atoms with Crippen molar-refractivity contribution >= 4 is 0 Å². The van der Waals surface area contributed by atoms with Gasteiger partial charge in [-0.3, -0.25) is 4.68 Å². The smallest absolute Gasteiger partial charge is 0.0902 e. The van der Waals surface area contributed by atoms with Crippen LogP contribution in [0.1, 0.15) is 22.4 Å². The zero-order chi connectivity index (χ0) is 13.9. The summed E-state index contributed by atoms with van der Waals surface area (Å²) in [6.07, 6.45) is 3.17. The molecule has 0 unspecified atom stereocenters. The topological polar surface area (TPSA) is 30.3 Å². The molecule has 1 aromatic carbocycles. The lowest BCUT2D eigenvalue weighted by molar-refractivity contribution is 0.181. The fourth-order valence-electron chi connectivity index (χ4n) is 2.75.